The average Bonchev–Trinajstić information content (AvgIpc) is 2.63. The molecule has 0 radical (unpaired) electrons. The van der Waals surface area contributed by atoms with Crippen molar-refractivity contribution in [2.45, 2.75) is 23.5 Å². The smallest absolute Gasteiger partial charge is 0.340 e. The summed E-state index contributed by atoms with van der Waals surface area (Å²) < 4.78 is 5.00. The highest BCUT2D eigenvalue weighted by atomic mass is 32.2. The zero-order chi connectivity index (χ0) is 18.5. The first-order chi connectivity index (χ1) is 12.6. The van der Waals surface area contributed by atoms with Crippen LogP contribution in [0.3, 0.4) is 0 Å². The molecule has 1 atom stereocenters. The highest BCUT2D eigenvalue weighted by Crippen LogP contribution is 2.36. The van der Waals surface area contributed by atoms with Gasteiger partial charge < -0.3 is 15.4 Å². The van der Waals surface area contributed by atoms with Crippen LogP contribution in [-0.2, 0) is 14.3 Å². The summed E-state index contributed by atoms with van der Waals surface area (Å²) in [6.45, 7) is 1.97. The molecule has 1 heterocycles. The number of benzene rings is 2. The van der Waals surface area contributed by atoms with Crippen molar-refractivity contribution in [1.29, 1.82) is 0 Å². The number of ether oxygens (including phenoxy) is 1. The van der Waals surface area contributed by atoms with Gasteiger partial charge in [-0.3, -0.25) is 9.59 Å². The Hall–Kier alpha value is -2.80. The van der Waals surface area contributed by atoms with Crippen molar-refractivity contribution in [3.63, 3.8) is 0 Å². The van der Waals surface area contributed by atoms with Gasteiger partial charge in [-0.15, -0.1) is 11.8 Å². The van der Waals surface area contributed by atoms with Crippen molar-refractivity contribution in [3.8, 4) is 0 Å². The van der Waals surface area contributed by atoms with E-state index in [-0.39, 0.29) is 30.4 Å². The first-order valence-electron chi connectivity index (χ1n) is 8.21. The summed E-state index contributed by atoms with van der Waals surface area (Å²) in [6.07, 6.45) is 0.00198. The molecule has 0 unspecified atom stereocenters. The zero-order valence-electron chi connectivity index (χ0n) is 14.2. The van der Waals surface area contributed by atoms with E-state index in [0.717, 1.165) is 10.6 Å². The molecule has 7 heteroatoms. The summed E-state index contributed by atoms with van der Waals surface area (Å²) in [4.78, 5) is 37.5. The van der Waals surface area contributed by atoms with Crippen LogP contribution in [-0.4, -0.2) is 29.6 Å². The Morgan fingerprint density at radius 3 is 2.69 bits per heavy atom. The Morgan fingerprint density at radius 1 is 1.15 bits per heavy atom. The summed E-state index contributed by atoms with van der Waals surface area (Å²) in [5.41, 5.74) is 1.41. The molecule has 0 bridgehead atoms. The van der Waals surface area contributed by atoms with Crippen molar-refractivity contribution in [1.82, 2.24) is 0 Å². The van der Waals surface area contributed by atoms with Crippen LogP contribution >= 0.6 is 11.8 Å². The van der Waals surface area contributed by atoms with Gasteiger partial charge in [0.2, 0.25) is 11.8 Å². The van der Waals surface area contributed by atoms with Crippen LogP contribution in [0.25, 0.3) is 0 Å². The number of nitrogens with one attached hydrogen (secondary N) is 2. The molecule has 6 nitrogen and oxygen atoms in total. The number of thioether (sulfide) groups is 1. The Balaban J connectivity index is 1.69. The molecule has 0 aromatic heterocycles. The number of anilines is 2. The fraction of sp³-hybridized carbons (Fsp3) is 0.211. The number of carbonyl (C=O) groups is 3. The van der Waals surface area contributed by atoms with Crippen LogP contribution in [0, 0.1) is 0 Å². The molecular weight excluding hydrogens is 352 g/mol. The van der Waals surface area contributed by atoms with Crippen molar-refractivity contribution in [3.05, 3.63) is 54.1 Å². The molecule has 0 aliphatic carbocycles. The maximum absolute atomic E-state index is 12.4. The fourth-order valence-electron chi connectivity index (χ4n) is 2.58. The van der Waals surface area contributed by atoms with E-state index in [4.69, 9.17) is 4.74 Å². The van der Waals surface area contributed by atoms with Gasteiger partial charge in [0.15, 0.2) is 0 Å². The number of fused-ring (bicyclic) bond motifs is 1. The van der Waals surface area contributed by atoms with E-state index in [2.05, 4.69) is 10.6 Å². The van der Waals surface area contributed by atoms with Crippen molar-refractivity contribution in [2.75, 3.05) is 17.2 Å². The quantitative estimate of drug-likeness (QED) is 0.789. The molecule has 2 aromatic carbocycles. The minimum atomic E-state index is -0.528. The number of carbonyl (C=O) groups excluding carboxylic acids is 3. The molecule has 0 saturated carbocycles. The number of esters is 1. The Bertz CT molecular complexity index is 853. The van der Waals surface area contributed by atoms with Crippen LogP contribution in [0.5, 0.6) is 0 Å². The van der Waals surface area contributed by atoms with Gasteiger partial charge >= 0.3 is 5.97 Å². The molecule has 0 spiro atoms. The maximum atomic E-state index is 12.4. The van der Waals surface area contributed by atoms with Crippen LogP contribution in [0.2, 0.25) is 0 Å². The Labute approximate surface area is 155 Å². The highest BCUT2D eigenvalue weighted by molar-refractivity contribution is 8.01. The van der Waals surface area contributed by atoms with Gasteiger partial charge in [0.25, 0.3) is 0 Å². The van der Waals surface area contributed by atoms with E-state index >= 15 is 0 Å². The summed E-state index contributed by atoms with van der Waals surface area (Å²) >= 11 is 1.36. The molecular formula is C19H18N2O4S. The largest absolute Gasteiger partial charge is 0.462 e. The third kappa shape index (κ3) is 4.05. The molecule has 134 valence electrons. The lowest BCUT2D eigenvalue weighted by Gasteiger charge is -2.23. The maximum Gasteiger partial charge on any atom is 0.340 e. The first kappa shape index (κ1) is 18.0. The summed E-state index contributed by atoms with van der Waals surface area (Å²) in [6, 6.07) is 14.1. The van der Waals surface area contributed by atoms with Crippen LogP contribution in [0.1, 0.15) is 23.7 Å². The summed E-state index contributed by atoms with van der Waals surface area (Å²) in [7, 11) is 0. The standard InChI is InChI=1S/C19H18N2O4S/c1-2-25-19(24)12-7-3-4-8-13(12)20-17(22)11-16-18(23)21-14-9-5-6-10-15(14)26-16/h3-10,16H,2,11H2,1H3,(H,20,22)(H,21,23)/t16-/m0/s1. The normalized spacial score (nSPS) is 15.6. The zero-order valence-corrected chi connectivity index (χ0v) is 15.0. The minimum Gasteiger partial charge on any atom is -0.462 e. The molecule has 3 rings (SSSR count). The van der Waals surface area contributed by atoms with Gasteiger partial charge in [-0.1, -0.05) is 24.3 Å². The van der Waals surface area contributed by atoms with Gasteiger partial charge in [-0.05, 0) is 31.2 Å². The van der Waals surface area contributed by atoms with Crippen LogP contribution in [0.4, 0.5) is 11.4 Å². The molecule has 2 aromatic rings. The molecule has 2 amide bonds. The van der Waals surface area contributed by atoms with Crippen LogP contribution in [0.15, 0.2) is 53.4 Å². The van der Waals surface area contributed by atoms with Crippen molar-refractivity contribution < 1.29 is 19.1 Å². The highest BCUT2D eigenvalue weighted by Gasteiger charge is 2.29. The lowest BCUT2D eigenvalue weighted by molar-refractivity contribution is -0.120. The molecule has 1 aliphatic heterocycles. The lowest BCUT2D eigenvalue weighted by atomic mass is 10.1. The Morgan fingerprint density at radius 2 is 1.88 bits per heavy atom. The number of rotatable bonds is 5. The molecule has 1 aliphatic rings. The first-order valence-corrected chi connectivity index (χ1v) is 9.09. The molecule has 0 fully saturated rings. The second kappa shape index (κ2) is 8.05. The van der Waals surface area contributed by atoms with Crippen LogP contribution < -0.4 is 10.6 Å². The van der Waals surface area contributed by atoms with Gasteiger partial charge in [-0.2, -0.15) is 0 Å². The van der Waals surface area contributed by atoms with E-state index in [1.807, 2.05) is 24.3 Å². The Kier molecular flexibility index (Phi) is 5.58. The van der Waals surface area contributed by atoms with Gasteiger partial charge in [0.1, 0.15) is 0 Å². The number of hydrogen-bond donors (Lipinski definition) is 2. The number of hydrogen-bond acceptors (Lipinski definition) is 5. The lowest BCUT2D eigenvalue weighted by Crippen LogP contribution is -2.32. The fourth-order valence-corrected chi connectivity index (χ4v) is 3.69. The monoisotopic (exact) mass is 370 g/mol. The topological polar surface area (TPSA) is 84.5 Å². The van der Waals surface area contributed by atoms with Crippen molar-refractivity contribution in [2.24, 2.45) is 0 Å². The van der Waals surface area contributed by atoms with E-state index in [9.17, 15) is 14.4 Å². The van der Waals surface area contributed by atoms with Gasteiger partial charge in [0, 0.05) is 11.3 Å². The SMILES string of the molecule is CCOC(=O)c1ccccc1NC(=O)C[C@@H]1Sc2ccccc2NC1=O. The van der Waals surface area contributed by atoms with E-state index in [0.29, 0.717) is 5.69 Å². The molecule has 0 saturated heterocycles. The van der Waals surface area contributed by atoms with E-state index in [1.54, 1.807) is 31.2 Å². The average molecular weight is 370 g/mol. The van der Waals surface area contributed by atoms with Crippen molar-refractivity contribution >= 4 is 40.9 Å². The predicted octanol–water partition coefficient (Wildman–Crippen LogP) is 3.30. The number of amides is 2. The summed E-state index contributed by atoms with van der Waals surface area (Å²) in [5, 5.41) is 4.99. The second-order valence-corrected chi connectivity index (χ2v) is 6.85. The van der Waals surface area contributed by atoms with E-state index in [1.165, 1.54) is 11.8 Å². The second-order valence-electron chi connectivity index (χ2n) is 5.61. The molecule has 2 N–H and O–H groups in total. The third-order valence-electron chi connectivity index (χ3n) is 3.77. The summed E-state index contributed by atoms with van der Waals surface area (Å²) in [5.74, 6) is -1.04. The minimum absolute atomic E-state index is 0.00198. The third-order valence-corrected chi connectivity index (χ3v) is 5.05. The number of para-hydroxylation sites is 2. The van der Waals surface area contributed by atoms with Gasteiger partial charge in [-0.25, -0.2) is 4.79 Å². The van der Waals surface area contributed by atoms with Gasteiger partial charge in [0.05, 0.1) is 28.8 Å². The molecule has 26 heavy (non-hydrogen) atoms. The predicted molar refractivity (Wildman–Crippen MR) is 100 cm³/mol. The van der Waals surface area contributed by atoms with E-state index < -0.39 is 11.2 Å².